The average molecular weight is 272 g/mol. The first-order valence-corrected chi connectivity index (χ1v) is 6.80. The number of methoxy groups -OCH3 is 1. The smallest absolute Gasteiger partial charge is 0.125 e. The summed E-state index contributed by atoms with van der Waals surface area (Å²) in [5.74, 6) is 1.46. The lowest BCUT2D eigenvalue weighted by molar-refractivity contribution is 0.214. The van der Waals surface area contributed by atoms with Crippen LogP contribution in [0.2, 0.25) is 0 Å². The summed E-state index contributed by atoms with van der Waals surface area (Å²) >= 11 is 0. The molecule has 2 aromatic rings. The Hall–Kier alpha value is -2.00. The summed E-state index contributed by atoms with van der Waals surface area (Å²) in [7, 11) is 1.60. The molecule has 0 radical (unpaired) electrons. The van der Waals surface area contributed by atoms with Crippen LogP contribution in [0.3, 0.4) is 0 Å². The Kier molecular flexibility index (Phi) is 5.02. The molecule has 1 atom stereocenters. The van der Waals surface area contributed by atoms with Gasteiger partial charge in [-0.3, -0.25) is 0 Å². The number of aliphatic hydroxyl groups is 1. The van der Waals surface area contributed by atoms with Crippen LogP contribution in [0.1, 0.15) is 30.6 Å². The van der Waals surface area contributed by atoms with Crippen molar-refractivity contribution in [2.45, 2.75) is 19.4 Å². The van der Waals surface area contributed by atoms with E-state index in [0.29, 0.717) is 12.4 Å². The van der Waals surface area contributed by atoms with E-state index in [1.54, 1.807) is 7.11 Å². The summed E-state index contributed by atoms with van der Waals surface area (Å²) in [5, 5.41) is 10.5. The Morgan fingerprint density at radius 3 is 2.65 bits per heavy atom. The summed E-state index contributed by atoms with van der Waals surface area (Å²) in [4.78, 5) is 0. The zero-order valence-corrected chi connectivity index (χ0v) is 11.9. The fourth-order valence-corrected chi connectivity index (χ4v) is 2.07. The van der Waals surface area contributed by atoms with Crippen molar-refractivity contribution < 1.29 is 14.6 Å². The second kappa shape index (κ2) is 6.96. The van der Waals surface area contributed by atoms with Gasteiger partial charge < -0.3 is 14.6 Å². The van der Waals surface area contributed by atoms with E-state index >= 15 is 0 Å². The van der Waals surface area contributed by atoms with E-state index in [9.17, 15) is 5.11 Å². The fraction of sp³-hybridized carbons (Fsp3) is 0.294. The molecule has 0 fully saturated rings. The quantitative estimate of drug-likeness (QED) is 0.873. The van der Waals surface area contributed by atoms with E-state index in [0.717, 1.165) is 23.3 Å². The molecule has 0 aliphatic heterocycles. The minimum absolute atomic E-state index is 0.675. The van der Waals surface area contributed by atoms with Crippen LogP contribution in [0.15, 0.2) is 48.5 Å². The summed E-state index contributed by atoms with van der Waals surface area (Å²) in [6, 6.07) is 15.0. The number of benzene rings is 2. The van der Waals surface area contributed by atoms with Crippen molar-refractivity contribution in [3.05, 3.63) is 59.7 Å². The van der Waals surface area contributed by atoms with Crippen LogP contribution >= 0.6 is 0 Å². The highest BCUT2D eigenvalue weighted by molar-refractivity contribution is 5.42. The normalized spacial score (nSPS) is 11.9. The Balaban J connectivity index is 2.26. The number of rotatable bonds is 6. The predicted molar refractivity (Wildman–Crippen MR) is 79.3 cm³/mol. The largest absolute Gasteiger partial charge is 0.496 e. The molecule has 0 saturated heterocycles. The summed E-state index contributed by atoms with van der Waals surface area (Å²) in [6.45, 7) is 2.74. The van der Waals surface area contributed by atoms with E-state index in [2.05, 4.69) is 6.92 Å². The zero-order valence-electron chi connectivity index (χ0n) is 11.9. The number of aliphatic hydroxyl groups excluding tert-OH is 1. The third-order valence-electron chi connectivity index (χ3n) is 3.08. The minimum atomic E-state index is -0.726. The van der Waals surface area contributed by atoms with E-state index in [-0.39, 0.29) is 0 Å². The van der Waals surface area contributed by atoms with Crippen LogP contribution in [0.5, 0.6) is 11.5 Å². The van der Waals surface area contributed by atoms with Gasteiger partial charge in [0.25, 0.3) is 0 Å². The molecule has 106 valence electrons. The van der Waals surface area contributed by atoms with Crippen molar-refractivity contribution in [1.29, 1.82) is 0 Å². The molecule has 0 amide bonds. The van der Waals surface area contributed by atoms with Crippen molar-refractivity contribution in [3.63, 3.8) is 0 Å². The maximum atomic E-state index is 10.5. The van der Waals surface area contributed by atoms with E-state index < -0.39 is 6.10 Å². The molecule has 3 nitrogen and oxygen atoms in total. The fourth-order valence-electron chi connectivity index (χ4n) is 2.07. The lowest BCUT2D eigenvalue weighted by Gasteiger charge is -2.16. The molecule has 3 heteroatoms. The van der Waals surface area contributed by atoms with Gasteiger partial charge in [0.05, 0.1) is 13.7 Å². The molecular formula is C17H20O3. The summed E-state index contributed by atoms with van der Waals surface area (Å²) in [5.41, 5.74) is 1.55. The van der Waals surface area contributed by atoms with Crippen LogP contribution in [0.4, 0.5) is 0 Å². The second-order valence-corrected chi connectivity index (χ2v) is 4.57. The Morgan fingerprint density at radius 1 is 1.10 bits per heavy atom. The van der Waals surface area contributed by atoms with E-state index in [4.69, 9.17) is 9.47 Å². The van der Waals surface area contributed by atoms with Crippen LogP contribution in [0.25, 0.3) is 0 Å². The van der Waals surface area contributed by atoms with E-state index in [1.807, 2.05) is 48.5 Å². The third kappa shape index (κ3) is 3.31. The van der Waals surface area contributed by atoms with Gasteiger partial charge in [-0.15, -0.1) is 0 Å². The maximum Gasteiger partial charge on any atom is 0.125 e. The molecule has 0 bridgehead atoms. The molecule has 2 rings (SSSR count). The van der Waals surface area contributed by atoms with E-state index in [1.165, 1.54) is 0 Å². The molecule has 0 spiro atoms. The highest BCUT2D eigenvalue weighted by Crippen LogP contribution is 2.31. The highest BCUT2D eigenvalue weighted by Gasteiger charge is 2.15. The molecule has 0 saturated carbocycles. The van der Waals surface area contributed by atoms with Crippen LogP contribution in [-0.4, -0.2) is 18.8 Å². The van der Waals surface area contributed by atoms with Crippen molar-refractivity contribution in [2.24, 2.45) is 0 Å². The third-order valence-corrected chi connectivity index (χ3v) is 3.08. The topological polar surface area (TPSA) is 38.7 Å². The number of ether oxygens (including phenoxy) is 2. The summed E-state index contributed by atoms with van der Waals surface area (Å²) < 4.78 is 10.9. The molecule has 1 unspecified atom stereocenters. The van der Waals surface area contributed by atoms with Gasteiger partial charge in [-0.25, -0.2) is 0 Å². The lowest BCUT2D eigenvalue weighted by atomic mass is 10.0. The van der Waals surface area contributed by atoms with Crippen LogP contribution in [0, 0.1) is 0 Å². The Morgan fingerprint density at radius 2 is 1.90 bits per heavy atom. The SMILES string of the molecule is CCCOc1cccc(C(O)c2ccccc2OC)c1. The number of hydrogen-bond acceptors (Lipinski definition) is 3. The monoisotopic (exact) mass is 272 g/mol. The first-order valence-electron chi connectivity index (χ1n) is 6.80. The molecule has 0 aliphatic carbocycles. The Labute approximate surface area is 119 Å². The molecule has 0 aromatic heterocycles. The van der Waals surface area contributed by atoms with Crippen molar-refractivity contribution >= 4 is 0 Å². The lowest BCUT2D eigenvalue weighted by Crippen LogP contribution is -2.03. The van der Waals surface area contributed by atoms with Gasteiger partial charge in [0.2, 0.25) is 0 Å². The van der Waals surface area contributed by atoms with Crippen LogP contribution in [-0.2, 0) is 0 Å². The van der Waals surface area contributed by atoms with Gasteiger partial charge in [0.15, 0.2) is 0 Å². The van der Waals surface area contributed by atoms with Gasteiger partial charge in [-0.05, 0) is 30.2 Å². The van der Waals surface area contributed by atoms with Crippen molar-refractivity contribution in [3.8, 4) is 11.5 Å². The van der Waals surface area contributed by atoms with Gasteiger partial charge >= 0.3 is 0 Å². The van der Waals surface area contributed by atoms with Crippen molar-refractivity contribution in [2.75, 3.05) is 13.7 Å². The molecule has 1 N–H and O–H groups in total. The molecule has 20 heavy (non-hydrogen) atoms. The maximum absolute atomic E-state index is 10.5. The van der Waals surface area contributed by atoms with Crippen LogP contribution < -0.4 is 9.47 Å². The molecule has 0 heterocycles. The highest BCUT2D eigenvalue weighted by atomic mass is 16.5. The minimum Gasteiger partial charge on any atom is -0.496 e. The number of para-hydroxylation sites is 1. The van der Waals surface area contributed by atoms with Gasteiger partial charge in [0.1, 0.15) is 17.6 Å². The standard InChI is InChI=1S/C17H20O3/c1-3-11-20-14-8-6-7-13(12-14)17(18)15-9-4-5-10-16(15)19-2/h4-10,12,17-18H,3,11H2,1-2H3. The molecule has 2 aromatic carbocycles. The average Bonchev–Trinajstić information content (AvgIpc) is 2.52. The van der Waals surface area contributed by atoms with Gasteiger partial charge in [-0.1, -0.05) is 37.3 Å². The second-order valence-electron chi connectivity index (χ2n) is 4.57. The first-order chi connectivity index (χ1) is 9.76. The van der Waals surface area contributed by atoms with Crippen molar-refractivity contribution in [1.82, 2.24) is 0 Å². The molecular weight excluding hydrogens is 252 g/mol. The predicted octanol–water partition coefficient (Wildman–Crippen LogP) is 3.57. The molecule has 0 aliphatic rings. The van der Waals surface area contributed by atoms with Gasteiger partial charge in [0, 0.05) is 5.56 Å². The first kappa shape index (κ1) is 14.4. The zero-order chi connectivity index (χ0) is 14.4. The van der Waals surface area contributed by atoms with Gasteiger partial charge in [-0.2, -0.15) is 0 Å². The Bertz CT molecular complexity index is 551. The number of hydrogen-bond donors (Lipinski definition) is 1. The summed E-state index contributed by atoms with van der Waals surface area (Å²) in [6.07, 6.45) is 0.232.